The number of methoxy groups -OCH3 is 1. The van der Waals surface area contributed by atoms with Crippen LogP contribution in [-0.2, 0) is 6.42 Å². The predicted octanol–water partition coefficient (Wildman–Crippen LogP) is 3.01. The van der Waals surface area contributed by atoms with Gasteiger partial charge in [-0.15, -0.1) is 0 Å². The number of carbonyl (C=O) groups excluding carboxylic acids is 1. The lowest BCUT2D eigenvalue weighted by Crippen LogP contribution is -2.19. The van der Waals surface area contributed by atoms with Gasteiger partial charge in [0.1, 0.15) is 5.75 Å². The number of ether oxygens (including phenoxy) is 1. The molecule has 3 N–H and O–H groups in total. The smallest absolute Gasteiger partial charge is 0.324 e. The number of H-pyrrole nitrogens is 1. The van der Waals surface area contributed by atoms with Crippen molar-refractivity contribution in [2.24, 2.45) is 0 Å². The van der Waals surface area contributed by atoms with Crippen LogP contribution in [0.4, 0.5) is 16.3 Å². The average Bonchev–Trinajstić information content (AvgIpc) is 2.87. The van der Waals surface area contributed by atoms with Crippen LogP contribution in [0.3, 0.4) is 0 Å². The summed E-state index contributed by atoms with van der Waals surface area (Å²) >= 11 is 0. The Morgan fingerprint density at radius 3 is 2.70 bits per heavy atom. The van der Waals surface area contributed by atoms with Crippen LogP contribution >= 0.6 is 0 Å². The zero-order chi connectivity index (χ0) is 14.4. The van der Waals surface area contributed by atoms with Gasteiger partial charge in [-0.3, -0.25) is 10.4 Å². The van der Waals surface area contributed by atoms with Gasteiger partial charge in [-0.2, -0.15) is 5.10 Å². The van der Waals surface area contributed by atoms with E-state index in [1.165, 1.54) is 0 Å². The number of benzene rings is 1. The number of urea groups is 1. The van der Waals surface area contributed by atoms with Crippen molar-refractivity contribution < 1.29 is 9.53 Å². The first-order chi connectivity index (χ1) is 9.71. The van der Waals surface area contributed by atoms with Crippen molar-refractivity contribution in [3.63, 3.8) is 0 Å². The Morgan fingerprint density at radius 1 is 1.30 bits per heavy atom. The van der Waals surface area contributed by atoms with E-state index in [2.05, 4.69) is 27.8 Å². The Kier molecular flexibility index (Phi) is 4.60. The van der Waals surface area contributed by atoms with Crippen LogP contribution in [0.1, 0.15) is 19.0 Å². The molecule has 2 aromatic rings. The maximum absolute atomic E-state index is 11.8. The maximum Gasteiger partial charge on any atom is 0.324 e. The first-order valence-electron chi connectivity index (χ1n) is 6.47. The molecule has 0 spiro atoms. The molecule has 0 radical (unpaired) electrons. The van der Waals surface area contributed by atoms with Gasteiger partial charge in [0.25, 0.3) is 0 Å². The molecule has 20 heavy (non-hydrogen) atoms. The van der Waals surface area contributed by atoms with E-state index in [0.717, 1.165) is 24.3 Å². The first-order valence-corrected chi connectivity index (χ1v) is 6.47. The second-order valence-electron chi connectivity index (χ2n) is 4.34. The van der Waals surface area contributed by atoms with Crippen LogP contribution in [0.2, 0.25) is 0 Å². The number of anilines is 2. The summed E-state index contributed by atoms with van der Waals surface area (Å²) < 4.78 is 5.05. The van der Waals surface area contributed by atoms with Crippen molar-refractivity contribution in [3.05, 3.63) is 36.0 Å². The second kappa shape index (κ2) is 6.60. The molecule has 0 aliphatic heterocycles. The van der Waals surface area contributed by atoms with E-state index in [1.807, 2.05) is 6.07 Å². The van der Waals surface area contributed by atoms with Crippen molar-refractivity contribution in [2.75, 3.05) is 17.7 Å². The molecule has 1 heterocycles. The topological polar surface area (TPSA) is 79.0 Å². The van der Waals surface area contributed by atoms with Crippen molar-refractivity contribution in [1.29, 1.82) is 0 Å². The summed E-state index contributed by atoms with van der Waals surface area (Å²) in [5.41, 5.74) is 1.69. The zero-order valence-electron chi connectivity index (χ0n) is 11.6. The predicted molar refractivity (Wildman–Crippen MR) is 78.2 cm³/mol. The van der Waals surface area contributed by atoms with Gasteiger partial charge in [-0.05, 0) is 30.7 Å². The highest BCUT2D eigenvalue weighted by Gasteiger charge is 2.06. The molecular formula is C14H18N4O2. The fourth-order valence-electron chi connectivity index (χ4n) is 1.78. The maximum atomic E-state index is 11.8. The molecule has 0 fully saturated rings. The van der Waals surface area contributed by atoms with E-state index in [1.54, 1.807) is 31.4 Å². The van der Waals surface area contributed by atoms with E-state index < -0.39 is 0 Å². The Hall–Kier alpha value is -2.50. The average molecular weight is 274 g/mol. The normalized spacial score (nSPS) is 10.1. The third-order valence-corrected chi connectivity index (χ3v) is 2.74. The number of hydrogen-bond acceptors (Lipinski definition) is 3. The highest BCUT2D eigenvalue weighted by Crippen LogP contribution is 2.15. The summed E-state index contributed by atoms with van der Waals surface area (Å²) in [6, 6.07) is 8.60. The van der Waals surface area contributed by atoms with Crippen LogP contribution in [0.15, 0.2) is 30.3 Å². The van der Waals surface area contributed by atoms with Crippen LogP contribution in [-0.4, -0.2) is 23.3 Å². The van der Waals surface area contributed by atoms with Gasteiger partial charge in [-0.1, -0.05) is 13.3 Å². The largest absolute Gasteiger partial charge is 0.497 e. The fraction of sp³-hybridized carbons (Fsp3) is 0.286. The number of nitrogens with one attached hydrogen (secondary N) is 3. The van der Waals surface area contributed by atoms with Crippen molar-refractivity contribution in [3.8, 4) is 5.75 Å². The molecular weight excluding hydrogens is 256 g/mol. The second-order valence-corrected chi connectivity index (χ2v) is 4.34. The highest BCUT2D eigenvalue weighted by atomic mass is 16.5. The Balaban J connectivity index is 1.90. The SMILES string of the molecule is CCCc1cc(NC(=O)Nc2ccc(OC)cc2)n[nH]1. The number of nitrogens with zero attached hydrogens (tertiary/aromatic N) is 1. The number of aromatic amines is 1. The lowest BCUT2D eigenvalue weighted by atomic mass is 10.2. The molecule has 0 unspecified atom stereocenters. The molecule has 0 saturated heterocycles. The molecule has 2 amide bonds. The highest BCUT2D eigenvalue weighted by molar-refractivity contribution is 5.99. The summed E-state index contributed by atoms with van der Waals surface area (Å²) in [6.07, 6.45) is 1.94. The summed E-state index contributed by atoms with van der Waals surface area (Å²) in [6.45, 7) is 2.09. The van der Waals surface area contributed by atoms with Crippen LogP contribution in [0.5, 0.6) is 5.75 Å². The molecule has 0 aliphatic carbocycles. The quantitative estimate of drug-likeness (QED) is 0.784. The van der Waals surface area contributed by atoms with Crippen molar-refractivity contribution in [1.82, 2.24) is 10.2 Å². The molecule has 0 bridgehead atoms. The Labute approximate surface area is 117 Å². The number of carbonyl (C=O) groups is 1. The monoisotopic (exact) mass is 274 g/mol. The van der Waals surface area contributed by atoms with Crippen molar-refractivity contribution in [2.45, 2.75) is 19.8 Å². The van der Waals surface area contributed by atoms with Crippen LogP contribution < -0.4 is 15.4 Å². The molecule has 6 nitrogen and oxygen atoms in total. The molecule has 6 heteroatoms. The Bertz CT molecular complexity index is 563. The zero-order valence-corrected chi connectivity index (χ0v) is 11.6. The minimum absolute atomic E-state index is 0.329. The number of aryl methyl sites for hydroxylation is 1. The van der Waals surface area contributed by atoms with Gasteiger partial charge in [0.15, 0.2) is 5.82 Å². The van der Waals surface area contributed by atoms with Gasteiger partial charge in [0, 0.05) is 17.4 Å². The minimum Gasteiger partial charge on any atom is -0.497 e. The van der Waals surface area contributed by atoms with Gasteiger partial charge >= 0.3 is 6.03 Å². The van der Waals surface area contributed by atoms with Gasteiger partial charge < -0.3 is 10.1 Å². The van der Waals surface area contributed by atoms with E-state index in [-0.39, 0.29) is 6.03 Å². The number of aromatic nitrogens is 2. The number of amides is 2. The van der Waals surface area contributed by atoms with Crippen LogP contribution in [0.25, 0.3) is 0 Å². The van der Waals surface area contributed by atoms with Gasteiger partial charge in [0.2, 0.25) is 0 Å². The van der Waals surface area contributed by atoms with Gasteiger partial charge in [-0.25, -0.2) is 4.79 Å². The molecule has 0 saturated carbocycles. The van der Waals surface area contributed by atoms with Gasteiger partial charge in [0.05, 0.1) is 7.11 Å². The molecule has 0 aliphatic rings. The fourth-order valence-corrected chi connectivity index (χ4v) is 1.78. The summed E-state index contributed by atoms with van der Waals surface area (Å²) in [4.78, 5) is 11.8. The third kappa shape index (κ3) is 3.74. The lowest BCUT2D eigenvalue weighted by molar-refractivity contribution is 0.262. The van der Waals surface area contributed by atoms with Crippen LogP contribution in [0, 0.1) is 0 Å². The molecule has 1 aromatic carbocycles. The summed E-state index contributed by atoms with van der Waals surface area (Å²) in [5, 5.41) is 12.3. The Morgan fingerprint density at radius 2 is 2.05 bits per heavy atom. The third-order valence-electron chi connectivity index (χ3n) is 2.74. The molecule has 1 aromatic heterocycles. The minimum atomic E-state index is -0.329. The number of rotatable bonds is 5. The standard InChI is InChI=1S/C14H18N4O2/c1-3-4-11-9-13(18-17-11)16-14(19)15-10-5-7-12(20-2)8-6-10/h5-9H,3-4H2,1-2H3,(H3,15,16,17,18,19). The number of hydrogen-bond donors (Lipinski definition) is 3. The van der Waals surface area contributed by atoms with E-state index in [9.17, 15) is 4.79 Å². The molecule has 106 valence electrons. The van der Waals surface area contributed by atoms with E-state index in [4.69, 9.17) is 4.74 Å². The van der Waals surface area contributed by atoms with E-state index in [0.29, 0.717) is 11.5 Å². The lowest BCUT2D eigenvalue weighted by Gasteiger charge is -2.06. The molecule has 2 rings (SSSR count). The van der Waals surface area contributed by atoms with Crippen molar-refractivity contribution >= 4 is 17.5 Å². The first kappa shape index (κ1) is 13.9. The molecule has 0 atom stereocenters. The summed E-state index contributed by atoms with van der Waals surface area (Å²) in [5.74, 6) is 1.26. The van der Waals surface area contributed by atoms with E-state index >= 15 is 0 Å². The summed E-state index contributed by atoms with van der Waals surface area (Å²) in [7, 11) is 1.60.